The number of nitrogens with zero attached hydrogens (tertiary/aromatic N) is 2. The summed E-state index contributed by atoms with van der Waals surface area (Å²) in [4.78, 5) is 11.8. The number of pyridine rings is 1. The Balaban J connectivity index is 2.79. The molecule has 2 aromatic heterocycles. The molecule has 0 saturated heterocycles. The van der Waals surface area contributed by atoms with Gasteiger partial charge in [0.25, 0.3) is 0 Å². The first kappa shape index (κ1) is 15.0. The largest absolute Gasteiger partial charge is 0.461 e. The molecular formula is C12H13BrN2O4S. The van der Waals surface area contributed by atoms with Crippen LogP contribution in [0.1, 0.15) is 24.3 Å². The number of hydrogen-bond acceptors (Lipinski definition) is 5. The molecule has 2 rings (SSSR count). The molecule has 0 saturated carbocycles. The van der Waals surface area contributed by atoms with E-state index in [1.165, 1.54) is 11.4 Å². The minimum atomic E-state index is -3.59. The third-order valence-electron chi connectivity index (χ3n) is 2.71. The summed E-state index contributed by atoms with van der Waals surface area (Å²) in [5.74, 6) is -0.851. The maximum absolute atomic E-state index is 12.2. The van der Waals surface area contributed by atoms with Gasteiger partial charge < -0.3 is 4.74 Å². The Hall–Kier alpha value is -1.41. The van der Waals surface area contributed by atoms with E-state index in [-0.39, 0.29) is 22.9 Å². The molecule has 0 atom stereocenters. The lowest BCUT2D eigenvalue weighted by Crippen LogP contribution is -2.12. The molecule has 0 aliphatic carbocycles. The molecule has 0 radical (unpaired) electrons. The van der Waals surface area contributed by atoms with Crippen LogP contribution in [0.4, 0.5) is 0 Å². The highest BCUT2D eigenvalue weighted by atomic mass is 79.9. The third-order valence-corrected chi connectivity index (χ3v) is 4.96. The number of sulfone groups is 1. The first-order valence-electron chi connectivity index (χ1n) is 5.98. The van der Waals surface area contributed by atoms with Crippen molar-refractivity contribution in [1.82, 2.24) is 9.61 Å². The highest BCUT2D eigenvalue weighted by Crippen LogP contribution is 2.25. The summed E-state index contributed by atoms with van der Waals surface area (Å²) in [5, 5.41) is 4.04. The maximum Gasteiger partial charge on any atom is 0.360 e. The molecule has 2 heterocycles. The number of esters is 1. The normalized spacial score (nSPS) is 11.8. The lowest BCUT2D eigenvalue weighted by molar-refractivity contribution is 0.0514. The predicted molar refractivity (Wildman–Crippen MR) is 76.6 cm³/mol. The number of carbonyl (C=O) groups is 1. The van der Waals surface area contributed by atoms with Crippen LogP contribution in [-0.4, -0.2) is 36.4 Å². The van der Waals surface area contributed by atoms with Gasteiger partial charge in [0.2, 0.25) is 0 Å². The number of hydrogen-bond donors (Lipinski definition) is 0. The van der Waals surface area contributed by atoms with Crippen molar-refractivity contribution in [2.75, 3.05) is 12.4 Å². The molecule has 8 heteroatoms. The van der Waals surface area contributed by atoms with E-state index in [2.05, 4.69) is 21.0 Å². The van der Waals surface area contributed by atoms with Crippen molar-refractivity contribution >= 4 is 37.3 Å². The second-order valence-electron chi connectivity index (χ2n) is 3.98. The molecule has 0 unspecified atom stereocenters. The van der Waals surface area contributed by atoms with Crippen LogP contribution in [0.25, 0.3) is 5.52 Å². The monoisotopic (exact) mass is 360 g/mol. The molecule has 108 valence electrons. The second-order valence-corrected chi connectivity index (χ2v) is 7.11. The highest BCUT2D eigenvalue weighted by molar-refractivity contribution is 9.10. The SMILES string of the molecule is CCOC(=O)c1nn2cc(Br)ccc2c1S(=O)(=O)CC. The topological polar surface area (TPSA) is 77.7 Å². The lowest BCUT2D eigenvalue weighted by atomic mass is 10.3. The molecule has 2 aromatic rings. The molecule has 0 aliphatic rings. The van der Waals surface area contributed by atoms with E-state index in [0.717, 1.165) is 4.47 Å². The van der Waals surface area contributed by atoms with Crippen molar-refractivity contribution in [3.8, 4) is 0 Å². The molecule has 0 fully saturated rings. The molecule has 0 amide bonds. The number of aromatic nitrogens is 2. The molecule has 20 heavy (non-hydrogen) atoms. The number of halogens is 1. The fourth-order valence-electron chi connectivity index (χ4n) is 1.79. The van der Waals surface area contributed by atoms with Gasteiger partial charge in [0, 0.05) is 10.7 Å². The smallest absolute Gasteiger partial charge is 0.360 e. The van der Waals surface area contributed by atoms with Crippen molar-refractivity contribution in [3.63, 3.8) is 0 Å². The van der Waals surface area contributed by atoms with Crippen LogP contribution in [-0.2, 0) is 14.6 Å². The Morgan fingerprint density at radius 3 is 2.70 bits per heavy atom. The molecule has 0 bridgehead atoms. The van der Waals surface area contributed by atoms with Crippen molar-refractivity contribution in [1.29, 1.82) is 0 Å². The quantitative estimate of drug-likeness (QED) is 0.779. The molecule has 0 aromatic carbocycles. The molecule has 0 N–H and O–H groups in total. The average molecular weight is 361 g/mol. The van der Waals surface area contributed by atoms with Crippen molar-refractivity contribution in [2.45, 2.75) is 18.7 Å². The van der Waals surface area contributed by atoms with Gasteiger partial charge in [0.15, 0.2) is 15.5 Å². The van der Waals surface area contributed by atoms with E-state index in [0.29, 0.717) is 5.52 Å². The van der Waals surface area contributed by atoms with Crippen molar-refractivity contribution < 1.29 is 17.9 Å². The van der Waals surface area contributed by atoms with Crippen LogP contribution >= 0.6 is 15.9 Å². The van der Waals surface area contributed by atoms with Gasteiger partial charge in [-0.15, -0.1) is 0 Å². The Bertz CT molecular complexity index is 767. The molecular weight excluding hydrogens is 348 g/mol. The van der Waals surface area contributed by atoms with Gasteiger partial charge in [-0.3, -0.25) is 0 Å². The zero-order valence-corrected chi connectivity index (χ0v) is 13.4. The number of rotatable bonds is 4. The standard InChI is InChI=1S/C12H13BrN2O4S/c1-3-19-12(16)10-11(20(17,18)4-2)9-6-5-8(13)7-15(9)14-10/h5-7H,3-4H2,1-2H3. The number of carbonyl (C=O) groups excluding carboxylic acids is 1. The number of fused-ring (bicyclic) bond motifs is 1. The van der Waals surface area contributed by atoms with Gasteiger partial charge >= 0.3 is 5.97 Å². The fraction of sp³-hybridized carbons (Fsp3) is 0.333. The Labute approximate surface area is 124 Å². The zero-order valence-electron chi connectivity index (χ0n) is 11.0. The summed E-state index contributed by atoms with van der Waals surface area (Å²) in [6.07, 6.45) is 1.59. The fourth-order valence-corrected chi connectivity index (χ4v) is 3.30. The van der Waals surface area contributed by atoms with Crippen LogP contribution < -0.4 is 0 Å². The van der Waals surface area contributed by atoms with E-state index in [4.69, 9.17) is 4.74 Å². The van der Waals surface area contributed by atoms with Gasteiger partial charge in [-0.2, -0.15) is 5.10 Å². The summed E-state index contributed by atoms with van der Waals surface area (Å²) in [5.41, 5.74) is 0.185. The zero-order chi connectivity index (χ0) is 14.9. The van der Waals surface area contributed by atoms with E-state index in [9.17, 15) is 13.2 Å². The van der Waals surface area contributed by atoms with Crippen molar-refractivity contribution in [2.24, 2.45) is 0 Å². The van der Waals surface area contributed by atoms with Gasteiger partial charge in [-0.1, -0.05) is 6.92 Å². The molecule has 0 aliphatic heterocycles. The molecule has 0 spiro atoms. The van der Waals surface area contributed by atoms with E-state index in [1.807, 2.05) is 0 Å². The minimum Gasteiger partial charge on any atom is -0.461 e. The van der Waals surface area contributed by atoms with Crippen molar-refractivity contribution in [3.05, 3.63) is 28.5 Å². The van der Waals surface area contributed by atoms with E-state index in [1.54, 1.807) is 25.3 Å². The van der Waals surface area contributed by atoms with Crippen LogP contribution in [0.15, 0.2) is 27.7 Å². The van der Waals surface area contributed by atoms with E-state index >= 15 is 0 Å². The summed E-state index contributed by atoms with van der Waals surface area (Å²) in [7, 11) is -3.59. The predicted octanol–water partition coefficient (Wildman–Crippen LogP) is 2.07. The average Bonchev–Trinajstić information content (AvgIpc) is 2.78. The van der Waals surface area contributed by atoms with Crippen LogP contribution in [0, 0.1) is 0 Å². The van der Waals surface area contributed by atoms with Crippen LogP contribution in [0.5, 0.6) is 0 Å². The lowest BCUT2D eigenvalue weighted by Gasteiger charge is -2.02. The first-order chi connectivity index (χ1) is 9.40. The van der Waals surface area contributed by atoms with Gasteiger partial charge in [0.1, 0.15) is 4.90 Å². The Kier molecular flexibility index (Phi) is 4.14. The van der Waals surface area contributed by atoms with Gasteiger partial charge in [0.05, 0.1) is 17.9 Å². The summed E-state index contributed by atoms with van der Waals surface area (Å²) >= 11 is 3.28. The van der Waals surface area contributed by atoms with Crippen LogP contribution in [0.2, 0.25) is 0 Å². The van der Waals surface area contributed by atoms with Gasteiger partial charge in [-0.25, -0.2) is 17.7 Å². The Morgan fingerprint density at radius 2 is 2.10 bits per heavy atom. The summed E-state index contributed by atoms with van der Waals surface area (Å²) < 4.78 is 31.4. The molecule has 6 nitrogen and oxygen atoms in total. The highest BCUT2D eigenvalue weighted by Gasteiger charge is 2.29. The Morgan fingerprint density at radius 1 is 1.40 bits per heavy atom. The minimum absolute atomic E-state index is 0.0778. The summed E-state index contributed by atoms with van der Waals surface area (Å²) in [6.45, 7) is 3.33. The number of ether oxygens (including phenoxy) is 1. The second kappa shape index (κ2) is 5.53. The van der Waals surface area contributed by atoms with E-state index < -0.39 is 15.8 Å². The third kappa shape index (κ3) is 2.57. The maximum atomic E-state index is 12.2. The van der Waals surface area contributed by atoms with Gasteiger partial charge in [-0.05, 0) is 35.0 Å². The first-order valence-corrected chi connectivity index (χ1v) is 8.43. The van der Waals surface area contributed by atoms with Crippen LogP contribution in [0.3, 0.4) is 0 Å². The summed E-state index contributed by atoms with van der Waals surface area (Å²) in [6, 6.07) is 3.29.